The van der Waals surface area contributed by atoms with Crippen LogP contribution in [-0.2, 0) is 4.74 Å². The number of aliphatic imine (C=N–C) groups is 1. The monoisotopic (exact) mass is 269 g/mol. The number of ether oxygens (including phenoxy) is 1. The lowest BCUT2D eigenvalue weighted by Gasteiger charge is -2.15. The fourth-order valence-electron chi connectivity index (χ4n) is 1.57. The number of hydrogen-bond acceptors (Lipinski definition) is 3. The van der Waals surface area contributed by atoms with Gasteiger partial charge in [0.25, 0.3) is 0 Å². The molecule has 1 atom stereocenters. The van der Waals surface area contributed by atoms with Crippen LogP contribution < -0.4 is 10.6 Å². The fourth-order valence-corrected chi connectivity index (χ4v) is 2.35. The highest BCUT2D eigenvalue weighted by molar-refractivity contribution is 7.07. The second-order valence-corrected chi connectivity index (χ2v) is 4.96. The van der Waals surface area contributed by atoms with Crippen molar-refractivity contribution in [1.29, 1.82) is 0 Å². The Bertz CT molecular complexity index is 338. The predicted octanol–water partition coefficient (Wildman–Crippen LogP) is 2.05. The van der Waals surface area contributed by atoms with Crippen LogP contribution in [0.5, 0.6) is 0 Å². The average molecular weight is 269 g/mol. The Labute approximate surface area is 113 Å². The van der Waals surface area contributed by atoms with Crippen molar-refractivity contribution in [2.24, 2.45) is 4.99 Å². The molecule has 1 unspecified atom stereocenters. The molecule has 0 saturated carbocycles. The van der Waals surface area contributed by atoms with Crippen LogP contribution in [0.15, 0.2) is 21.8 Å². The molecule has 1 heterocycles. The molecular formula is C13H23N3OS. The summed E-state index contributed by atoms with van der Waals surface area (Å²) < 4.78 is 5.01. The Morgan fingerprint density at radius 2 is 2.33 bits per heavy atom. The van der Waals surface area contributed by atoms with Gasteiger partial charge in [0.05, 0.1) is 0 Å². The van der Waals surface area contributed by atoms with Crippen LogP contribution in [0.1, 0.15) is 24.8 Å². The summed E-state index contributed by atoms with van der Waals surface area (Å²) in [5.74, 6) is 1.35. The summed E-state index contributed by atoms with van der Waals surface area (Å²) in [7, 11) is 3.51. The second-order valence-electron chi connectivity index (χ2n) is 4.18. The van der Waals surface area contributed by atoms with E-state index in [9.17, 15) is 0 Å². The maximum absolute atomic E-state index is 5.01. The SMILES string of the molecule is CN=C(NCCCOC)NCC(C)c1ccsc1. The molecule has 0 fully saturated rings. The van der Waals surface area contributed by atoms with Crippen molar-refractivity contribution >= 4 is 17.3 Å². The van der Waals surface area contributed by atoms with E-state index in [1.807, 2.05) is 0 Å². The summed E-state index contributed by atoms with van der Waals surface area (Å²) >= 11 is 1.74. The number of hydrogen-bond donors (Lipinski definition) is 2. The maximum Gasteiger partial charge on any atom is 0.190 e. The van der Waals surface area contributed by atoms with Crippen molar-refractivity contribution < 1.29 is 4.74 Å². The predicted molar refractivity (Wildman–Crippen MR) is 78.6 cm³/mol. The first-order valence-electron chi connectivity index (χ1n) is 6.23. The number of methoxy groups -OCH3 is 1. The largest absolute Gasteiger partial charge is 0.385 e. The third-order valence-electron chi connectivity index (χ3n) is 2.73. The fraction of sp³-hybridized carbons (Fsp3) is 0.615. The molecule has 0 aliphatic rings. The van der Waals surface area contributed by atoms with Crippen molar-refractivity contribution in [3.8, 4) is 0 Å². The minimum atomic E-state index is 0.494. The van der Waals surface area contributed by atoms with Crippen LogP contribution in [0.2, 0.25) is 0 Å². The lowest BCUT2D eigenvalue weighted by Crippen LogP contribution is -2.39. The molecule has 0 radical (unpaired) electrons. The molecule has 5 heteroatoms. The number of thiophene rings is 1. The van der Waals surface area contributed by atoms with Gasteiger partial charge in [-0.05, 0) is 34.7 Å². The van der Waals surface area contributed by atoms with Crippen molar-refractivity contribution in [3.63, 3.8) is 0 Å². The Morgan fingerprint density at radius 1 is 1.50 bits per heavy atom. The van der Waals surface area contributed by atoms with Gasteiger partial charge in [-0.2, -0.15) is 11.3 Å². The summed E-state index contributed by atoms with van der Waals surface area (Å²) in [4.78, 5) is 4.20. The van der Waals surface area contributed by atoms with Gasteiger partial charge < -0.3 is 15.4 Å². The first kappa shape index (κ1) is 15.0. The molecule has 1 rings (SSSR count). The zero-order valence-corrected chi connectivity index (χ0v) is 12.2. The lowest BCUT2D eigenvalue weighted by atomic mass is 10.1. The third kappa shape index (κ3) is 5.51. The summed E-state index contributed by atoms with van der Waals surface area (Å²) in [6.45, 7) is 4.75. The van der Waals surface area contributed by atoms with Gasteiger partial charge >= 0.3 is 0 Å². The molecule has 102 valence electrons. The van der Waals surface area contributed by atoms with Crippen LogP contribution >= 0.6 is 11.3 Å². The Kier molecular flexibility index (Phi) is 7.44. The van der Waals surface area contributed by atoms with E-state index in [1.54, 1.807) is 25.5 Å². The molecule has 1 aromatic heterocycles. The third-order valence-corrected chi connectivity index (χ3v) is 3.43. The first-order chi connectivity index (χ1) is 8.77. The standard InChI is InChI=1S/C13H23N3OS/c1-11(12-5-8-18-10-12)9-16-13(14-2)15-6-4-7-17-3/h5,8,10-11H,4,6-7,9H2,1-3H3,(H2,14,15,16). The highest BCUT2D eigenvalue weighted by Crippen LogP contribution is 2.16. The minimum Gasteiger partial charge on any atom is -0.385 e. The van der Waals surface area contributed by atoms with Crippen molar-refractivity contribution in [3.05, 3.63) is 22.4 Å². The molecule has 0 amide bonds. The molecule has 4 nitrogen and oxygen atoms in total. The smallest absolute Gasteiger partial charge is 0.190 e. The van der Waals surface area contributed by atoms with Crippen molar-refractivity contribution in [1.82, 2.24) is 10.6 Å². The summed E-state index contributed by atoms with van der Waals surface area (Å²) in [5.41, 5.74) is 1.38. The number of rotatable bonds is 7. The number of nitrogens with zero attached hydrogens (tertiary/aromatic N) is 1. The molecule has 18 heavy (non-hydrogen) atoms. The Morgan fingerprint density at radius 3 is 2.94 bits per heavy atom. The van der Waals surface area contributed by atoms with E-state index < -0.39 is 0 Å². The summed E-state index contributed by atoms with van der Waals surface area (Å²) in [6.07, 6.45) is 0.983. The van der Waals surface area contributed by atoms with E-state index in [4.69, 9.17) is 4.74 Å². The van der Waals surface area contributed by atoms with E-state index >= 15 is 0 Å². The van der Waals surface area contributed by atoms with Gasteiger partial charge in [0.2, 0.25) is 0 Å². The minimum absolute atomic E-state index is 0.494. The van der Waals surface area contributed by atoms with Crippen LogP contribution in [0.3, 0.4) is 0 Å². The molecule has 0 aliphatic heterocycles. The molecule has 0 saturated heterocycles. The van der Waals surface area contributed by atoms with Gasteiger partial charge in [-0.15, -0.1) is 0 Å². The Balaban J connectivity index is 2.23. The van der Waals surface area contributed by atoms with E-state index in [0.29, 0.717) is 5.92 Å². The van der Waals surface area contributed by atoms with Gasteiger partial charge in [-0.3, -0.25) is 4.99 Å². The van der Waals surface area contributed by atoms with Gasteiger partial charge in [0, 0.05) is 33.9 Å². The van der Waals surface area contributed by atoms with Crippen molar-refractivity contribution in [2.75, 3.05) is 33.9 Å². The van der Waals surface area contributed by atoms with Crippen LogP contribution in [0.4, 0.5) is 0 Å². The second kappa shape index (κ2) is 8.94. The van der Waals surface area contributed by atoms with E-state index in [2.05, 4.69) is 39.4 Å². The quantitative estimate of drug-likeness (QED) is 0.452. The summed E-state index contributed by atoms with van der Waals surface area (Å²) in [6, 6.07) is 2.17. The molecule has 0 bridgehead atoms. The van der Waals surface area contributed by atoms with E-state index in [0.717, 1.165) is 32.1 Å². The normalized spacial score (nSPS) is 13.4. The van der Waals surface area contributed by atoms with Crippen LogP contribution in [0, 0.1) is 0 Å². The zero-order valence-electron chi connectivity index (χ0n) is 11.4. The molecule has 0 spiro atoms. The maximum atomic E-state index is 5.01. The molecule has 1 aromatic rings. The van der Waals surface area contributed by atoms with Crippen LogP contribution in [-0.4, -0.2) is 39.8 Å². The highest BCUT2D eigenvalue weighted by atomic mass is 32.1. The summed E-state index contributed by atoms with van der Waals surface area (Å²) in [5, 5.41) is 10.9. The van der Waals surface area contributed by atoms with E-state index in [1.165, 1.54) is 5.56 Å². The zero-order chi connectivity index (χ0) is 13.2. The lowest BCUT2D eigenvalue weighted by molar-refractivity contribution is 0.195. The first-order valence-corrected chi connectivity index (χ1v) is 7.17. The van der Waals surface area contributed by atoms with Gasteiger partial charge in [0.15, 0.2) is 5.96 Å². The van der Waals surface area contributed by atoms with Crippen LogP contribution in [0.25, 0.3) is 0 Å². The van der Waals surface area contributed by atoms with Gasteiger partial charge in [0.1, 0.15) is 0 Å². The van der Waals surface area contributed by atoms with E-state index in [-0.39, 0.29) is 0 Å². The molecule has 2 N–H and O–H groups in total. The molecule has 0 aromatic carbocycles. The highest BCUT2D eigenvalue weighted by Gasteiger charge is 2.06. The van der Waals surface area contributed by atoms with Crippen molar-refractivity contribution in [2.45, 2.75) is 19.3 Å². The van der Waals surface area contributed by atoms with Gasteiger partial charge in [-0.1, -0.05) is 6.92 Å². The molecule has 0 aliphatic carbocycles. The number of guanidine groups is 1. The number of nitrogens with one attached hydrogen (secondary N) is 2. The molecular weight excluding hydrogens is 246 g/mol. The average Bonchev–Trinajstić information content (AvgIpc) is 2.91. The topological polar surface area (TPSA) is 45.7 Å². The van der Waals surface area contributed by atoms with Gasteiger partial charge in [-0.25, -0.2) is 0 Å². The Hall–Kier alpha value is -1.07.